The molecule has 4 nitrogen and oxygen atoms in total. The molecule has 0 aliphatic carbocycles. The van der Waals surface area contributed by atoms with Crippen molar-refractivity contribution in [3.05, 3.63) is 57.8 Å². The van der Waals surface area contributed by atoms with Gasteiger partial charge in [0.25, 0.3) is 0 Å². The van der Waals surface area contributed by atoms with Crippen LogP contribution >= 0.6 is 15.9 Å². The van der Waals surface area contributed by atoms with Gasteiger partial charge < -0.3 is 19.5 Å². The Labute approximate surface area is 161 Å². The van der Waals surface area contributed by atoms with Gasteiger partial charge in [0.05, 0.1) is 17.7 Å². The summed E-state index contributed by atoms with van der Waals surface area (Å²) in [5.74, 6) is 0.904. The fraction of sp³-hybridized carbons (Fsp3) is 0.400. The van der Waals surface area contributed by atoms with Crippen LogP contribution in [0.4, 0.5) is 4.39 Å². The van der Waals surface area contributed by atoms with Crippen molar-refractivity contribution in [3.8, 4) is 11.5 Å². The largest absolute Gasteiger partial charge is 0.493 e. The lowest BCUT2D eigenvalue weighted by molar-refractivity contribution is 0.110. The van der Waals surface area contributed by atoms with E-state index < -0.39 is 0 Å². The number of nitrogens with one attached hydrogen (secondary N) is 1. The second kappa shape index (κ2) is 9.35. The Bertz CT molecular complexity index is 735. The topological polar surface area (TPSA) is 39.7 Å². The molecule has 26 heavy (non-hydrogen) atoms. The summed E-state index contributed by atoms with van der Waals surface area (Å²) in [7, 11) is 1.60. The van der Waals surface area contributed by atoms with E-state index in [4.69, 9.17) is 14.2 Å². The molecule has 1 atom stereocenters. The molecule has 0 amide bonds. The standard InChI is InChI=1S/C20H23BrFNO3/c1-24-19-10-14(11-23-12-16-6-4-8-25-16)9-17(21)20(19)26-13-15-5-2-3-7-18(15)22/h2-3,5,7,9-10,16,23H,4,6,8,11-13H2,1H3/t16-/m0/s1. The van der Waals surface area contributed by atoms with E-state index in [1.165, 1.54) is 6.07 Å². The predicted octanol–water partition coefficient (Wildman–Crippen LogP) is 4.44. The van der Waals surface area contributed by atoms with Gasteiger partial charge in [0, 0.05) is 25.3 Å². The van der Waals surface area contributed by atoms with Crippen molar-refractivity contribution in [2.45, 2.75) is 32.1 Å². The minimum Gasteiger partial charge on any atom is -0.493 e. The van der Waals surface area contributed by atoms with Crippen molar-refractivity contribution in [1.29, 1.82) is 0 Å². The maximum Gasteiger partial charge on any atom is 0.175 e. The molecule has 3 rings (SSSR count). The average molecular weight is 424 g/mol. The third-order valence-corrected chi connectivity index (χ3v) is 4.93. The van der Waals surface area contributed by atoms with Crippen molar-refractivity contribution in [1.82, 2.24) is 5.32 Å². The molecule has 1 aliphatic rings. The maximum atomic E-state index is 13.8. The van der Waals surface area contributed by atoms with Gasteiger partial charge in [0.1, 0.15) is 12.4 Å². The summed E-state index contributed by atoms with van der Waals surface area (Å²) in [5, 5.41) is 3.42. The van der Waals surface area contributed by atoms with Crippen LogP contribution in [0.25, 0.3) is 0 Å². The van der Waals surface area contributed by atoms with Gasteiger partial charge in [-0.25, -0.2) is 4.39 Å². The lowest BCUT2D eigenvalue weighted by Gasteiger charge is -2.16. The number of methoxy groups -OCH3 is 1. The van der Waals surface area contributed by atoms with Crippen LogP contribution in [0.15, 0.2) is 40.9 Å². The molecule has 2 aromatic carbocycles. The third-order valence-electron chi connectivity index (χ3n) is 4.34. The van der Waals surface area contributed by atoms with Crippen LogP contribution in [0.3, 0.4) is 0 Å². The van der Waals surface area contributed by atoms with Gasteiger partial charge in [-0.15, -0.1) is 0 Å². The number of ether oxygens (including phenoxy) is 3. The second-order valence-corrected chi connectivity index (χ2v) is 7.11. The minimum atomic E-state index is -0.280. The molecular weight excluding hydrogens is 401 g/mol. The Morgan fingerprint density at radius 3 is 2.88 bits per heavy atom. The highest BCUT2D eigenvalue weighted by atomic mass is 79.9. The normalized spacial score (nSPS) is 16.7. The monoisotopic (exact) mass is 423 g/mol. The first-order valence-corrected chi connectivity index (χ1v) is 9.51. The Balaban J connectivity index is 1.63. The average Bonchev–Trinajstić information content (AvgIpc) is 3.15. The number of hydrogen-bond acceptors (Lipinski definition) is 4. The number of hydrogen-bond donors (Lipinski definition) is 1. The van der Waals surface area contributed by atoms with Gasteiger partial charge in [-0.3, -0.25) is 0 Å². The number of halogens is 2. The highest BCUT2D eigenvalue weighted by Gasteiger charge is 2.16. The first-order chi connectivity index (χ1) is 12.7. The zero-order valence-corrected chi connectivity index (χ0v) is 16.4. The van der Waals surface area contributed by atoms with E-state index in [9.17, 15) is 4.39 Å². The SMILES string of the molecule is COc1cc(CNC[C@@H]2CCCO2)cc(Br)c1OCc1ccccc1F. The molecule has 0 aromatic heterocycles. The molecule has 1 saturated heterocycles. The lowest BCUT2D eigenvalue weighted by atomic mass is 10.2. The fourth-order valence-corrected chi connectivity index (χ4v) is 3.57. The van der Waals surface area contributed by atoms with Gasteiger partial charge in [-0.2, -0.15) is 0 Å². The summed E-state index contributed by atoms with van der Waals surface area (Å²) < 4.78 is 31.4. The van der Waals surface area contributed by atoms with Crippen molar-refractivity contribution in [3.63, 3.8) is 0 Å². The predicted molar refractivity (Wildman–Crippen MR) is 102 cm³/mol. The first kappa shape index (κ1) is 19.1. The molecule has 0 bridgehead atoms. The molecule has 6 heteroatoms. The molecule has 0 spiro atoms. The lowest BCUT2D eigenvalue weighted by Crippen LogP contribution is -2.25. The molecule has 140 valence electrons. The molecule has 1 fully saturated rings. The van der Waals surface area contributed by atoms with Gasteiger partial charge in [-0.1, -0.05) is 18.2 Å². The molecule has 0 radical (unpaired) electrons. The van der Waals surface area contributed by atoms with Gasteiger partial charge in [-0.05, 0) is 52.5 Å². The van der Waals surface area contributed by atoms with Crippen molar-refractivity contribution in [2.24, 2.45) is 0 Å². The Kier molecular flexibility index (Phi) is 6.88. The molecule has 0 saturated carbocycles. The van der Waals surface area contributed by atoms with Crippen LogP contribution in [0, 0.1) is 5.82 Å². The van der Waals surface area contributed by atoms with Gasteiger partial charge in [0.2, 0.25) is 0 Å². The summed E-state index contributed by atoms with van der Waals surface area (Å²) >= 11 is 3.54. The minimum absolute atomic E-state index is 0.137. The van der Waals surface area contributed by atoms with Crippen LogP contribution in [0.2, 0.25) is 0 Å². The van der Waals surface area contributed by atoms with E-state index in [1.807, 2.05) is 12.1 Å². The molecule has 2 aromatic rings. The smallest absolute Gasteiger partial charge is 0.175 e. The first-order valence-electron chi connectivity index (χ1n) is 8.72. The highest BCUT2D eigenvalue weighted by Crippen LogP contribution is 2.37. The van der Waals surface area contributed by atoms with Gasteiger partial charge in [0.15, 0.2) is 11.5 Å². The summed E-state index contributed by atoms with van der Waals surface area (Å²) in [6.07, 6.45) is 2.56. The summed E-state index contributed by atoms with van der Waals surface area (Å²) in [6.45, 7) is 2.55. The summed E-state index contributed by atoms with van der Waals surface area (Å²) in [5.41, 5.74) is 1.58. The van der Waals surface area contributed by atoms with E-state index in [0.29, 0.717) is 29.7 Å². The number of rotatable bonds is 8. The molecule has 1 aliphatic heterocycles. The van der Waals surface area contributed by atoms with Crippen LogP contribution < -0.4 is 14.8 Å². The van der Waals surface area contributed by atoms with Crippen LogP contribution in [-0.2, 0) is 17.9 Å². The van der Waals surface area contributed by atoms with E-state index in [1.54, 1.807) is 25.3 Å². The zero-order chi connectivity index (χ0) is 18.4. The molecule has 1 N–H and O–H groups in total. The molecular formula is C20H23BrFNO3. The Morgan fingerprint density at radius 2 is 2.15 bits per heavy atom. The zero-order valence-electron chi connectivity index (χ0n) is 14.8. The highest BCUT2D eigenvalue weighted by molar-refractivity contribution is 9.10. The summed E-state index contributed by atoms with van der Waals surface area (Å²) in [6, 6.07) is 10.5. The molecule has 0 unspecified atom stereocenters. The second-order valence-electron chi connectivity index (χ2n) is 6.26. The number of benzene rings is 2. The van der Waals surface area contributed by atoms with Crippen LogP contribution in [0.1, 0.15) is 24.0 Å². The van der Waals surface area contributed by atoms with Crippen molar-refractivity contribution in [2.75, 3.05) is 20.3 Å². The molecule has 1 heterocycles. The quantitative estimate of drug-likeness (QED) is 0.680. The van der Waals surface area contributed by atoms with E-state index in [2.05, 4.69) is 21.2 Å². The van der Waals surface area contributed by atoms with E-state index >= 15 is 0 Å². The van der Waals surface area contributed by atoms with E-state index in [0.717, 1.165) is 36.0 Å². The van der Waals surface area contributed by atoms with Crippen molar-refractivity contribution < 1.29 is 18.6 Å². The van der Waals surface area contributed by atoms with Gasteiger partial charge >= 0.3 is 0 Å². The Morgan fingerprint density at radius 1 is 1.31 bits per heavy atom. The van der Waals surface area contributed by atoms with Crippen molar-refractivity contribution >= 4 is 15.9 Å². The fourth-order valence-electron chi connectivity index (χ4n) is 2.96. The maximum absolute atomic E-state index is 13.8. The summed E-state index contributed by atoms with van der Waals surface area (Å²) in [4.78, 5) is 0. The third kappa shape index (κ3) is 4.96. The van der Waals surface area contributed by atoms with E-state index in [-0.39, 0.29) is 12.4 Å². The van der Waals surface area contributed by atoms with Crippen LogP contribution in [0.5, 0.6) is 11.5 Å². The Hall–Kier alpha value is -1.63. The van der Waals surface area contributed by atoms with Crippen LogP contribution in [-0.4, -0.2) is 26.4 Å².